The minimum Gasteiger partial charge on any atom is -0.504 e. The van der Waals surface area contributed by atoms with Gasteiger partial charge >= 0.3 is 6.18 Å². The summed E-state index contributed by atoms with van der Waals surface area (Å²) in [4.78, 5) is 56.9. The number of aromatic hydroxyl groups is 1. The molecule has 2 aliphatic heterocycles. The summed E-state index contributed by atoms with van der Waals surface area (Å²) in [5, 5.41) is 18.4. The largest absolute Gasteiger partial charge is 0.504 e. The number of alkyl halides is 3. The molecule has 272 valence electrons. The molecule has 0 aliphatic carbocycles. The Labute approximate surface area is 293 Å². The molecule has 2 aromatic rings. The van der Waals surface area contributed by atoms with E-state index in [1.165, 1.54) is 17.4 Å². The normalized spacial score (nSPS) is 15.6. The van der Waals surface area contributed by atoms with Crippen LogP contribution in [0.5, 0.6) is 5.75 Å². The molecule has 0 unspecified atom stereocenters. The van der Waals surface area contributed by atoms with E-state index in [2.05, 4.69) is 32.0 Å². The fourth-order valence-electron chi connectivity index (χ4n) is 5.15. The lowest BCUT2D eigenvalue weighted by atomic mass is 10.2. The smallest absolute Gasteiger partial charge is 0.416 e. The fraction of sp³-hybridized carbons (Fsp3) is 0.469. The Kier molecular flexibility index (Phi) is 14.5. The molecule has 2 N–H and O–H groups in total. The van der Waals surface area contributed by atoms with Crippen molar-refractivity contribution in [3.05, 3.63) is 57.9 Å². The number of carbonyl (C=O) groups excluding carboxylic acids is 3. The van der Waals surface area contributed by atoms with Gasteiger partial charge in [-0.3, -0.25) is 14.5 Å². The maximum Gasteiger partial charge on any atom is 0.416 e. The Morgan fingerprint density at radius 1 is 1.14 bits per heavy atom. The number of aromatic nitrogens is 2. The van der Waals surface area contributed by atoms with Crippen molar-refractivity contribution in [2.45, 2.75) is 32.9 Å². The number of benzene rings is 1. The summed E-state index contributed by atoms with van der Waals surface area (Å²) in [6.07, 6.45) is 0.0395. The van der Waals surface area contributed by atoms with Gasteiger partial charge in [0.2, 0.25) is 5.96 Å². The van der Waals surface area contributed by atoms with E-state index in [0.29, 0.717) is 68.0 Å². The zero-order valence-electron chi connectivity index (χ0n) is 28.5. The number of rotatable bonds is 11. The molecule has 4 rings (SSSR count). The molecule has 50 heavy (non-hydrogen) atoms. The highest BCUT2D eigenvalue weighted by molar-refractivity contribution is 6.33. The summed E-state index contributed by atoms with van der Waals surface area (Å²) in [7, 11) is 3.29. The molecule has 3 heterocycles. The zero-order chi connectivity index (χ0) is 37.0. The number of aryl methyl sites for hydroxylation is 1. The van der Waals surface area contributed by atoms with Crippen LogP contribution in [-0.4, -0.2) is 137 Å². The number of hydrazone groups is 1. The first kappa shape index (κ1) is 39.7. The summed E-state index contributed by atoms with van der Waals surface area (Å²) in [6.45, 7) is 10.9. The van der Waals surface area contributed by atoms with Crippen LogP contribution in [-0.2, 0) is 15.8 Å². The van der Waals surface area contributed by atoms with Gasteiger partial charge in [-0.1, -0.05) is 18.5 Å². The predicted octanol–water partition coefficient (Wildman–Crippen LogP) is 3.54. The minimum atomic E-state index is -4.34. The van der Waals surface area contributed by atoms with Crippen LogP contribution in [0, 0.1) is 6.92 Å². The average molecular weight is 723 g/mol. The Morgan fingerprint density at radius 2 is 1.80 bits per heavy atom. The third-order valence-electron chi connectivity index (χ3n) is 8.11. The summed E-state index contributed by atoms with van der Waals surface area (Å²) in [6, 6.07) is 3.18. The van der Waals surface area contributed by atoms with Gasteiger partial charge in [-0.15, -0.1) is 0 Å². The number of likely N-dealkylation sites (tertiary alicyclic amines) is 1. The maximum atomic E-state index is 12.9. The fourth-order valence-corrected chi connectivity index (χ4v) is 5.43. The van der Waals surface area contributed by atoms with Crippen molar-refractivity contribution < 1.29 is 32.7 Å². The first-order valence-corrected chi connectivity index (χ1v) is 16.1. The van der Waals surface area contributed by atoms with E-state index in [9.17, 15) is 32.7 Å². The second-order valence-electron chi connectivity index (χ2n) is 11.2. The Bertz CT molecular complexity index is 1580. The molecule has 14 nitrogen and oxygen atoms in total. The molecule has 2 fully saturated rings. The predicted molar refractivity (Wildman–Crippen MR) is 184 cm³/mol. The van der Waals surface area contributed by atoms with E-state index in [-0.39, 0.29) is 23.0 Å². The van der Waals surface area contributed by atoms with Crippen LogP contribution in [0.3, 0.4) is 0 Å². The molecule has 1 aromatic heterocycles. The van der Waals surface area contributed by atoms with Crippen LogP contribution in [0.25, 0.3) is 0 Å². The number of hydrogen-bond acceptors (Lipinski definition) is 11. The van der Waals surface area contributed by atoms with Crippen LogP contribution < -0.4 is 5.32 Å². The standard InChI is InChI=1S/C24H35N9O4.C8H7ClF3N/c1-5-19(33(13-14-34)24(29(4)25-3)28-17-30-7-6-8-30)20(15-35)31-9-11-32(12-10-31)23(37)21-22(36)18(2)26-16-27-21;1-13-7-3-2-5(4-6(7)9)8(10,11)12/h14-16,36H,3,5-13,17H2,1-2,4H3;2-4,13H,1H3/b20-19+,28-24+;. The lowest BCUT2D eigenvalue weighted by Gasteiger charge is -2.39. The second-order valence-corrected chi connectivity index (χ2v) is 11.6. The van der Waals surface area contributed by atoms with Crippen molar-refractivity contribution in [1.82, 2.24) is 34.6 Å². The van der Waals surface area contributed by atoms with E-state index in [0.717, 1.165) is 44.2 Å². The minimum absolute atomic E-state index is 0.00992. The topological polar surface area (TPSA) is 150 Å². The lowest BCUT2D eigenvalue weighted by Crippen LogP contribution is -2.50. The molecule has 2 aliphatic rings. The summed E-state index contributed by atoms with van der Waals surface area (Å²) in [5.74, 6) is -0.198. The van der Waals surface area contributed by atoms with Gasteiger partial charge in [0.1, 0.15) is 12.6 Å². The number of allylic oxidation sites excluding steroid dienone is 2. The molecule has 2 saturated heterocycles. The third-order valence-corrected chi connectivity index (χ3v) is 8.42. The van der Waals surface area contributed by atoms with Crippen LogP contribution in [0.2, 0.25) is 5.02 Å². The number of anilines is 1. The van der Waals surface area contributed by atoms with Crippen molar-refractivity contribution in [3.63, 3.8) is 0 Å². The quantitative estimate of drug-likeness (QED) is 0.115. The van der Waals surface area contributed by atoms with Gasteiger partial charge in [0.05, 0.1) is 40.9 Å². The van der Waals surface area contributed by atoms with Gasteiger partial charge in [-0.2, -0.15) is 18.3 Å². The number of halogens is 4. The molecule has 0 spiro atoms. The summed E-state index contributed by atoms with van der Waals surface area (Å²) in [5.41, 5.74) is 1.08. The molecule has 0 bridgehead atoms. The van der Waals surface area contributed by atoms with Crippen molar-refractivity contribution in [1.29, 1.82) is 0 Å². The van der Waals surface area contributed by atoms with E-state index >= 15 is 0 Å². The van der Waals surface area contributed by atoms with Crippen molar-refractivity contribution in [3.8, 4) is 5.75 Å². The highest BCUT2D eigenvalue weighted by Crippen LogP contribution is 2.33. The van der Waals surface area contributed by atoms with Gasteiger partial charge in [0.15, 0.2) is 17.7 Å². The van der Waals surface area contributed by atoms with Crippen molar-refractivity contribution in [2.24, 2.45) is 10.1 Å². The number of hydrogen-bond donors (Lipinski definition) is 2. The molecule has 0 radical (unpaired) electrons. The number of aldehydes is 2. The average Bonchev–Trinajstić information content (AvgIpc) is 3.08. The first-order valence-electron chi connectivity index (χ1n) is 15.8. The highest BCUT2D eigenvalue weighted by Gasteiger charge is 2.31. The van der Waals surface area contributed by atoms with Crippen LogP contribution >= 0.6 is 11.6 Å². The Hall–Kier alpha value is -4.77. The maximum absolute atomic E-state index is 12.9. The van der Waals surface area contributed by atoms with Crippen LogP contribution in [0.15, 0.2) is 46.0 Å². The van der Waals surface area contributed by atoms with E-state index in [1.807, 2.05) is 11.8 Å². The van der Waals surface area contributed by atoms with Gasteiger partial charge in [0, 0.05) is 65.8 Å². The lowest BCUT2D eigenvalue weighted by molar-refractivity contribution is -0.137. The van der Waals surface area contributed by atoms with Gasteiger partial charge < -0.3 is 29.9 Å². The van der Waals surface area contributed by atoms with Crippen molar-refractivity contribution >= 4 is 48.4 Å². The number of carbonyl (C=O) groups is 3. The molecule has 0 atom stereocenters. The first-order chi connectivity index (χ1) is 23.8. The van der Waals surface area contributed by atoms with Crippen LogP contribution in [0.1, 0.15) is 41.5 Å². The molecular formula is C32H42ClF3N10O4. The number of aliphatic imine (C=N–C) groups is 1. The molecule has 0 saturated carbocycles. The summed E-state index contributed by atoms with van der Waals surface area (Å²) < 4.78 is 36.4. The number of nitrogens with one attached hydrogen (secondary N) is 1. The number of guanidine groups is 1. The Balaban J connectivity index is 0.000000436. The number of nitrogens with zero attached hydrogens (tertiary/aromatic N) is 9. The van der Waals surface area contributed by atoms with E-state index in [1.54, 1.807) is 30.8 Å². The highest BCUT2D eigenvalue weighted by atomic mass is 35.5. The summed E-state index contributed by atoms with van der Waals surface area (Å²) >= 11 is 5.57. The molecular weight excluding hydrogens is 681 g/mol. The van der Waals surface area contributed by atoms with E-state index in [4.69, 9.17) is 16.6 Å². The van der Waals surface area contributed by atoms with E-state index < -0.39 is 17.6 Å². The van der Waals surface area contributed by atoms with Gasteiger partial charge in [-0.25, -0.2) is 20.0 Å². The number of amides is 1. The zero-order valence-corrected chi connectivity index (χ0v) is 29.2. The molecule has 1 amide bonds. The molecule has 1 aromatic carbocycles. The monoisotopic (exact) mass is 722 g/mol. The van der Waals surface area contributed by atoms with Crippen molar-refractivity contribution in [2.75, 3.05) is 71.9 Å². The number of piperazine rings is 1. The van der Waals surface area contributed by atoms with Gasteiger partial charge in [-0.05, 0) is 38.0 Å². The van der Waals surface area contributed by atoms with Crippen LogP contribution in [0.4, 0.5) is 18.9 Å². The Morgan fingerprint density at radius 3 is 2.30 bits per heavy atom. The second kappa shape index (κ2) is 18.3. The SMILES string of the molecule is C=NN(C)/C(=N\CN1CCC1)N(CC=O)/C(CC)=C(\C=O)N1CCN(C(=O)c2ncnc(C)c2O)CC1.CNc1ccc(C(F)(F)F)cc1Cl. The molecule has 18 heteroatoms. The third kappa shape index (κ3) is 9.90. The van der Waals surface area contributed by atoms with Gasteiger partial charge in [0.25, 0.3) is 5.91 Å².